The third kappa shape index (κ3) is 3.46. The quantitative estimate of drug-likeness (QED) is 0.315. The van der Waals surface area contributed by atoms with E-state index in [1.807, 2.05) is 56.3 Å². The number of hydrogen-bond acceptors (Lipinski definition) is 4. The van der Waals surface area contributed by atoms with Gasteiger partial charge in [0.25, 0.3) is 0 Å². The predicted octanol–water partition coefficient (Wildman–Crippen LogP) is 7.45. The van der Waals surface area contributed by atoms with Gasteiger partial charge in [-0.2, -0.15) is 0 Å². The van der Waals surface area contributed by atoms with Crippen molar-refractivity contribution in [3.8, 4) is 16.3 Å². The molecule has 0 atom stereocenters. The molecule has 0 radical (unpaired) electrons. The lowest BCUT2D eigenvalue weighted by Crippen LogP contribution is -1.94. The molecule has 0 bridgehead atoms. The molecule has 0 aliphatic heterocycles. The molecule has 0 amide bonds. The van der Waals surface area contributed by atoms with Crippen LogP contribution < -0.4 is 0 Å². The first-order valence-corrected chi connectivity index (χ1v) is 10.6. The molecule has 0 fully saturated rings. The van der Waals surface area contributed by atoms with Crippen molar-refractivity contribution in [1.29, 1.82) is 0 Å². The first-order chi connectivity index (χ1) is 13.5. The Hall–Kier alpha value is -2.21. The topological polar surface area (TPSA) is 45.5 Å². The molecular weight excluding hydrogens is 456 g/mol. The van der Waals surface area contributed by atoms with E-state index in [0.29, 0.717) is 15.1 Å². The van der Waals surface area contributed by atoms with Crippen LogP contribution in [0.4, 0.5) is 5.69 Å². The molecule has 6 heteroatoms. The lowest BCUT2D eigenvalue weighted by Gasteiger charge is -2.12. The molecule has 0 unspecified atom stereocenters. The Morgan fingerprint density at radius 1 is 1.11 bits per heavy atom. The lowest BCUT2D eigenvalue weighted by molar-refractivity contribution is 0.470. The van der Waals surface area contributed by atoms with Crippen LogP contribution in [0.2, 0.25) is 5.02 Å². The van der Waals surface area contributed by atoms with Crippen LogP contribution in [0.5, 0.6) is 5.75 Å². The second-order valence-electron chi connectivity index (χ2n) is 6.44. The van der Waals surface area contributed by atoms with Gasteiger partial charge in [0.15, 0.2) is 0 Å². The molecule has 0 aliphatic carbocycles. The van der Waals surface area contributed by atoms with Gasteiger partial charge in [0, 0.05) is 22.4 Å². The standard InChI is InChI=1S/C22H16BrClN2OS/c1-12-16(21(27)19(23)13(2)20(12)24)11-25-15-7-5-6-14(10-15)22-26-17-8-3-4-9-18(17)28-22/h3-11,27H,1-2H3. The number of aromatic nitrogens is 1. The number of aromatic hydroxyl groups is 1. The molecule has 0 saturated heterocycles. The molecule has 0 aliphatic rings. The van der Waals surface area contributed by atoms with Crippen molar-refractivity contribution in [1.82, 2.24) is 4.98 Å². The number of thiazole rings is 1. The molecule has 0 spiro atoms. The van der Waals surface area contributed by atoms with Gasteiger partial charge < -0.3 is 5.11 Å². The van der Waals surface area contributed by atoms with Crippen LogP contribution >= 0.6 is 38.9 Å². The van der Waals surface area contributed by atoms with Crippen molar-refractivity contribution >= 4 is 61.0 Å². The number of phenolic OH excluding ortho intramolecular Hbond substituents is 1. The third-order valence-electron chi connectivity index (χ3n) is 4.58. The van der Waals surface area contributed by atoms with Crippen LogP contribution in [0.25, 0.3) is 20.8 Å². The molecule has 0 saturated carbocycles. The summed E-state index contributed by atoms with van der Waals surface area (Å²) in [6, 6.07) is 16.0. The molecule has 1 N–H and O–H groups in total. The van der Waals surface area contributed by atoms with E-state index in [1.165, 1.54) is 0 Å². The Labute approximate surface area is 180 Å². The van der Waals surface area contributed by atoms with Gasteiger partial charge in [-0.25, -0.2) is 4.98 Å². The smallest absolute Gasteiger partial charge is 0.139 e. The van der Waals surface area contributed by atoms with Crippen molar-refractivity contribution in [3.63, 3.8) is 0 Å². The van der Waals surface area contributed by atoms with E-state index >= 15 is 0 Å². The van der Waals surface area contributed by atoms with Crippen molar-refractivity contribution in [2.45, 2.75) is 13.8 Å². The normalized spacial score (nSPS) is 11.6. The maximum absolute atomic E-state index is 10.5. The fourth-order valence-corrected chi connectivity index (χ4v) is 4.67. The highest BCUT2D eigenvalue weighted by Crippen LogP contribution is 2.38. The minimum Gasteiger partial charge on any atom is -0.506 e. The lowest BCUT2D eigenvalue weighted by atomic mass is 10.0. The number of aliphatic imine (C=N–C) groups is 1. The maximum atomic E-state index is 10.5. The van der Waals surface area contributed by atoms with E-state index in [9.17, 15) is 5.11 Å². The fourth-order valence-electron chi connectivity index (χ4n) is 2.98. The van der Waals surface area contributed by atoms with E-state index in [1.54, 1.807) is 17.6 Å². The number of phenols is 1. The zero-order valence-electron chi connectivity index (χ0n) is 15.2. The van der Waals surface area contributed by atoms with E-state index in [-0.39, 0.29) is 5.75 Å². The second kappa shape index (κ2) is 7.66. The summed E-state index contributed by atoms with van der Waals surface area (Å²) < 4.78 is 1.75. The first-order valence-electron chi connectivity index (χ1n) is 8.63. The van der Waals surface area contributed by atoms with Crippen LogP contribution in [-0.2, 0) is 0 Å². The van der Waals surface area contributed by atoms with Gasteiger partial charge in [-0.3, -0.25) is 4.99 Å². The summed E-state index contributed by atoms with van der Waals surface area (Å²) in [6.45, 7) is 3.74. The average Bonchev–Trinajstić information content (AvgIpc) is 3.15. The van der Waals surface area contributed by atoms with Crippen molar-refractivity contribution in [2.24, 2.45) is 4.99 Å². The van der Waals surface area contributed by atoms with Crippen LogP contribution in [0.15, 0.2) is 58.0 Å². The Morgan fingerprint density at radius 3 is 2.68 bits per heavy atom. The van der Waals surface area contributed by atoms with Gasteiger partial charge in [-0.05, 0) is 65.2 Å². The Balaban J connectivity index is 1.71. The molecule has 3 aromatic carbocycles. The molecule has 3 nitrogen and oxygen atoms in total. The van der Waals surface area contributed by atoms with Crippen molar-refractivity contribution in [3.05, 3.63) is 74.7 Å². The van der Waals surface area contributed by atoms with Crippen LogP contribution in [0, 0.1) is 13.8 Å². The summed E-state index contributed by atoms with van der Waals surface area (Å²) >= 11 is 11.4. The summed E-state index contributed by atoms with van der Waals surface area (Å²) in [4.78, 5) is 9.27. The van der Waals surface area contributed by atoms with Crippen LogP contribution in [0.3, 0.4) is 0 Å². The number of nitrogens with zero attached hydrogens (tertiary/aromatic N) is 2. The highest BCUT2D eigenvalue weighted by Gasteiger charge is 2.15. The summed E-state index contributed by atoms with van der Waals surface area (Å²) in [5.74, 6) is 0.144. The molecule has 4 rings (SSSR count). The van der Waals surface area contributed by atoms with E-state index < -0.39 is 0 Å². The van der Waals surface area contributed by atoms with Crippen LogP contribution in [-0.4, -0.2) is 16.3 Å². The largest absolute Gasteiger partial charge is 0.506 e. The summed E-state index contributed by atoms with van der Waals surface area (Å²) in [6.07, 6.45) is 1.65. The number of halogens is 2. The maximum Gasteiger partial charge on any atom is 0.139 e. The Morgan fingerprint density at radius 2 is 1.89 bits per heavy atom. The van der Waals surface area contributed by atoms with E-state index in [2.05, 4.69) is 27.0 Å². The van der Waals surface area contributed by atoms with E-state index in [0.717, 1.165) is 37.6 Å². The zero-order chi connectivity index (χ0) is 19.8. The molecule has 4 aromatic rings. The number of para-hydroxylation sites is 1. The van der Waals surface area contributed by atoms with Gasteiger partial charge in [0.05, 0.1) is 20.4 Å². The van der Waals surface area contributed by atoms with Gasteiger partial charge in [-0.1, -0.05) is 35.9 Å². The predicted molar refractivity (Wildman–Crippen MR) is 123 cm³/mol. The van der Waals surface area contributed by atoms with Gasteiger partial charge in [0.1, 0.15) is 10.8 Å². The molecule has 140 valence electrons. The van der Waals surface area contributed by atoms with Gasteiger partial charge in [0.2, 0.25) is 0 Å². The SMILES string of the molecule is Cc1c(Cl)c(C)c(C=Nc2cccc(-c3nc4ccccc4s3)c2)c(O)c1Br. The van der Waals surface area contributed by atoms with E-state index in [4.69, 9.17) is 16.6 Å². The first kappa shape index (κ1) is 19.1. The average molecular weight is 472 g/mol. The minimum absolute atomic E-state index is 0.144. The monoisotopic (exact) mass is 470 g/mol. The molecular formula is C22H16BrClN2OS. The number of fused-ring (bicyclic) bond motifs is 1. The summed E-state index contributed by atoms with van der Waals surface area (Å²) in [5, 5.41) is 12.0. The van der Waals surface area contributed by atoms with Gasteiger partial charge >= 0.3 is 0 Å². The van der Waals surface area contributed by atoms with Gasteiger partial charge in [-0.15, -0.1) is 11.3 Å². The minimum atomic E-state index is 0.144. The molecule has 1 heterocycles. The number of rotatable bonds is 3. The molecule has 28 heavy (non-hydrogen) atoms. The molecule has 1 aromatic heterocycles. The fraction of sp³-hybridized carbons (Fsp3) is 0.0909. The Kier molecular flexibility index (Phi) is 5.23. The zero-order valence-corrected chi connectivity index (χ0v) is 18.4. The second-order valence-corrected chi connectivity index (χ2v) is 8.64. The summed E-state index contributed by atoms with van der Waals surface area (Å²) in [5.41, 5.74) is 5.00. The number of hydrogen-bond donors (Lipinski definition) is 1. The highest BCUT2D eigenvalue weighted by molar-refractivity contribution is 9.10. The third-order valence-corrected chi connectivity index (χ3v) is 7.21. The highest BCUT2D eigenvalue weighted by atomic mass is 79.9. The van der Waals surface area contributed by atoms with Crippen molar-refractivity contribution < 1.29 is 5.11 Å². The Bertz CT molecular complexity index is 1170. The van der Waals surface area contributed by atoms with Crippen LogP contribution in [0.1, 0.15) is 16.7 Å². The number of benzene rings is 3. The van der Waals surface area contributed by atoms with Crippen molar-refractivity contribution in [2.75, 3.05) is 0 Å². The summed E-state index contributed by atoms with van der Waals surface area (Å²) in [7, 11) is 0.